The van der Waals surface area contributed by atoms with E-state index in [1.54, 1.807) is 0 Å². The molecule has 2 aromatic carbocycles. The molecule has 4 heteroatoms. The van der Waals surface area contributed by atoms with Crippen LogP contribution in [0.4, 0.5) is 0 Å². The van der Waals surface area contributed by atoms with Crippen LogP contribution in [-0.2, 0) is 4.79 Å². The number of ether oxygens (including phenoxy) is 1. The highest BCUT2D eigenvalue weighted by Crippen LogP contribution is 2.37. The third kappa shape index (κ3) is 3.08. The van der Waals surface area contributed by atoms with Gasteiger partial charge in [0.05, 0.1) is 0 Å². The zero-order valence-electron chi connectivity index (χ0n) is 12.9. The Morgan fingerprint density at radius 3 is 2.48 bits per heavy atom. The van der Waals surface area contributed by atoms with E-state index in [4.69, 9.17) is 4.74 Å². The summed E-state index contributed by atoms with van der Waals surface area (Å²) < 4.78 is 5.68. The normalized spacial score (nSPS) is 22.3. The Kier molecular flexibility index (Phi) is 4.00. The predicted molar refractivity (Wildman–Crippen MR) is 93.7 cm³/mol. The zero-order chi connectivity index (χ0) is 15.6. The summed E-state index contributed by atoms with van der Waals surface area (Å²) in [5.41, 5.74) is 2.33. The number of thioether (sulfide) groups is 1. The topological polar surface area (TPSA) is 29.5 Å². The van der Waals surface area contributed by atoms with Gasteiger partial charge in [0.1, 0.15) is 5.75 Å². The van der Waals surface area contributed by atoms with Crippen molar-refractivity contribution < 1.29 is 9.53 Å². The number of hydrogen-bond acceptors (Lipinski definition) is 3. The Labute approximate surface area is 140 Å². The molecule has 118 valence electrons. The minimum absolute atomic E-state index is 0.116. The number of fused-ring (bicyclic) bond motifs is 2. The molecule has 2 atom stereocenters. The van der Waals surface area contributed by atoms with Crippen molar-refractivity contribution in [3.63, 3.8) is 0 Å². The van der Waals surface area contributed by atoms with Gasteiger partial charge in [0.2, 0.25) is 0 Å². The van der Waals surface area contributed by atoms with Crippen molar-refractivity contribution in [2.24, 2.45) is 0 Å². The van der Waals surface area contributed by atoms with Crippen molar-refractivity contribution in [1.82, 2.24) is 4.90 Å². The van der Waals surface area contributed by atoms with E-state index in [-0.39, 0.29) is 12.5 Å². The molecule has 0 N–H and O–H groups in total. The Morgan fingerprint density at radius 1 is 1.09 bits per heavy atom. The molecule has 0 spiro atoms. The third-order valence-electron chi connectivity index (χ3n) is 4.54. The standard InChI is InChI=1S/C19H19NO2S/c21-19(20-11-18-10-16(20)13-23-18)12-22-17-8-6-15(7-9-17)14-4-2-1-3-5-14/h1-9,16,18H,10-13H2. The van der Waals surface area contributed by atoms with E-state index < -0.39 is 0 Å². The fraction of sp³-hybridized carbons (Fsp3) is 0.316. The molecule has 0 saturated carbocycles. The second kappa shape index (κ2) is 6.28. The summed E-state index contributed by atoms with van der Waals surface area (Å²) in [6.07, 6.45) is 1.15. The van der Waals surface area contributed by atoms with Crippen LogP contribution in [0.2, 0.25) is 0 Å². The Balaban J connectivity index is 1.35. The van der Waals surface area contributed by atoms with Gasteiger partial charge in [-0.1, -0.05) is 42.5 Å². The SMILES string of the molecule is O=C(COc1ccc(-c2ccccc2)cc1)N1CC2CC1CS2. The van der Waals surface area contributed by atoms with Gasteiger partial charge in [0.15, 0.2) is 6.61 Å². The molecule has 3 nitrogen and oxygen atoms in total. The molecular formula is C19H19NO2S. The summed E-state index contributed by atoms with van der Waals surface area (Å²) in [5, 5.41) is 0.647. The highest BCUT2D eigenvalue weighted by Gasteiger charge is 2.40. The molecule has 23 heavy (non-hydrogen) atoms. The number of amides is 1. The third-order valence-corrected chi connectivity index (χ3v) is 5.93. The number of rotatable bonds is 4. The summed E-state index contributed by atoms with van der Waals surface area (Å²) in [6.45, 7) is 1.03. The minimum Gasteiger partial charge on any atom is -0.484 e. The van der Waals surface area contributed by atoms with E-state index in [1.807, 2.05) is 59.1 Å². The second-order valence-electron chi connectivity index (χ2n) is 6.07. The lowest BCUT2D eigenvalue weighted by atomic mass is 10.1. The van der Waals surface area contributed by atoms with Gasteiger partial charge in [-0.25, -0.2) is 0 Å². The van der Waals surface area contributed by atoms with Gasteiger partial charge < -0.3 is 9.64 Å². The molecule has 2 heterocycles. The first kappa shape index (κ1) is 14.6. The predicted octanol–water partition coefficient (Wildman–Crippen LogP) is 3.45. The van der Waals surface area contributed by atoms with Gasteiger partial charge in [-0.15, -0.1) is 0 Å². The summed E-state index contributed by atoms with van der Waals surface area (Å²) in [6, 6.07) is 18.6. The van der Waals surface area contributed by atoms with Gasteiger partial charge in [0, 0.05) is 23.6 Å². The number of nitrogens with zero attached hydrogens (tertiary/aromatic N) is 1. The monoisotopic (exact) mass is 325 g/mol. The second-order valence-corrected chi connectivity index (χ2v) is 7.40. The molecule has 0 aliphatic carbocycles. The van der Waals surface area contributed by atoms with Crippen molar-refractivity contribution in [2.45, 2.75) is 17.7 Å². The maximum atomic E-state index is 12.3. The highest BCUT2D eigenvalue weighted by atomic mass is 32.2. The van der Waals surface area contributed by atoms with Crippen molar-refractivity contribution in [1.29, 1.82) is 0 Å². The van der Waals surface area contributed by atoms with E-state index in [0.717, 1.165) is 30.0 Å². The van der Waals surface area contributed by atoms with Crippen LogP contribution < -0.4 is 4.74 Å². The molecule has 0 radical (unpaired) electrons. The molecule has 1 amide bonds. The highest BCUT2D eigenvalue weighted by molar-refractivity contribution is 8.00. The molecule has 2 aliphatic rings. The number of likely N-dealkylation sites (tertiary alicyclic amines) is 1. The van der Waals surface area contributed by atoms with Crippen molar-refractivity contribution in [3.8, 4) is 16.9 Å². The molecule has 2 saturated heterocycles. The van der Waals surface area contributed by atoms with Crippen LogP contribution in [0, 0.1) is 0 Å². The van der Waals surface area contributed by atoms with Gasteiger partial charge >= 0.3 is 0 Å². The Morgan fingerprint density at radius 2 is 1.83 bits per heavy atom. The summed E-state index contributed by atoms with van der Waals surface area (Å²) >= 11 is 1.99. The summed E-state index contributed by atoms with van der Waals surface area (Å²) in [4.78, 5) is 14.3. The van der Waals surface area contributed by atoms with Crippen LogP contribution in [0.25, 0.3) is 11.1 Å². The minimum atomic E-state index is 0.116. The number of carbonyl (C=O) groups excluding carboxylic acids is 1. The van der Waals surface area contributed by atoms with E-state index in [1.165, 1.54) is 5.56 Å². The maximum absolute atomic E-state index is 12.3. The van der Waals surface area contributed by atoms with Gasteiger partial charge in [-0.3, -0.25) is 4.79 Å². The van der Waals surface area contributed by atoms with Crippen LogP contribution in [0.15, 0.2) is 54.6 Å². The van der Waals surface area contributed by atoms with Crippen LogP contribution >= 0.6 is 11.8 Å². The molecule has 2 bridgehead atoms. The summed E-state index contributed by atoms with van der Waals surface area (Å²) in [7, 11) is 0. The average molecular weight is 325 g/mol. The molecule has 2 unspecified atom stereocenters. The van der Waals surface area contributed by atoms with Gasteiger partial charge in [-0.05, 0) is 29.7 Å². The van der Waals surface area contributed by atoms with Crippen molar-refractivity contribution in [3.05, 3.63) is 54.6 Å². The van der Waals surface area contributed by atoms with E-state index in [9.17, 15) is 4.79 Å². The molecular weight excluding hydrogens is 306 g/mol. The fourth-order valence-electron chi connectivity index (χ4n) is 3.31. The molecule has 2 aromatic rings. The van der Waals surface area contributed by atoms with Gasteiger partial charge in [0.25, 0.3) is 5.91 Å². The molecule has 0 aromatic heterocycles. The van der Waals surface area contributed by atoms with Crippen LogP contribution in [0.3, 0.4) is 0 Å². The lowest BCUT2D eigenvalue weighted by Crippen LogP contribution is -2.41. The summed E-state index contributed by atoms with van der Waals surface area (Å²) in [5.74, 6) is 1.95. The van der Waals surface area contributed by atoms with E-state index >= 15 is 0 Å². The lowest BCUT2D eigenvalue weighted by Gasteiger charge is -2.26. The quantitative estimate of drug-likeness (QED) is 0.862. The van der Waals surface area contributed by atoms with Crippen molar-refractivity contribution >= 4 is 17.7 Å². The molecule has 2 fully saturated rings. The number of carbonyl (C=O) groups is 1. The zero-order valence-corrected chi connectivity index (χ0v) is 13.7. The van der Waals surface area contributed by atoms with Crippen LogP contribution in [0.5, 0.6) is 5.75 Å². The van der Waals surface area contributed by atoms with E-state index in [2.05, 4.69) is 12.1 Å². The van der Waals surface area contributed by atoms with Crippen LogP contribution in [-0.4, -0.2) is 41.0 Å². The molecule has 4 rings (SSSR count). The smallest absolute Gasteiger partial charge is 0.260 e. The van der Waals surface area contributed by atoms with E-state index in [0.29, 0.717) is 11.3 Å². The Hall–Kier alpha value is -1.94. The maximum Gasteiger partial charge on any atom is 0.260 e. The van der Waals surface area contributed by atoms with Crippen molar-refractivity contribution in [2.75, 3.05) is 18.9 Å². The average Bonchev–Trinajstić information content (AvgIpc) is 3.24. The number of benzene rings is 2. The lowest BCUT2D eigenvalue weighted by molar-refractivity contribution is -0.133. The first-order valence-electron chi connectivity index (χ1n) is 7.99. The Bertz CT molecular complexity index is 686. The van der Waals surface area contributed by atoms with Gasteiger partial charge in [-0.2, -0.15) is 11.8 Å². The number of hydrogen-bond donors (Lipinski definition) is 0. The molecule has 2 aliphatic heterocycles. The fourth-order valence-corrected chi connectivity index (χ4v) is 4.74. The van der Waals surface area contributed by atoms with Crippen LogP contribution in [0.1, 0.15) is 6.42 Å². The first-order valence-corrected chi connectivity index (χ1v) is 9.04. The first-order chi connectivity index (χ1) is 11.3. The largest absolute Gasteiger partial charge is 0.484 e.